The fraction of sp³-hybridized carbons (Fsp3) is 0.263. The van der Waals surface area contributed by atoms with Crippen LogP contribution in [-0.2, 0) is 6.42 Å². The number of hydrogen-bond acceptors (Lipinski definition) is 2. The Morgan fingerprint density at radius 2 is 1.70 bits per heavy atom. The number of aromatic carboxylic acids is 2. The molecule has 23 heavy (non-hydrogen) atoms. The average Bonchev–Trinajstić information content (AvgIpc) is 2.52. The Kier molecular flexibility index (Phi) is 5.16. The van der Waals surface area contributed by atoms with Gasteiger partial charge in [-0.05, 0) is 42.5 Å². The van der Waals surface area contributed by atoms with Gasteiger partial charge in [0, 0.05) is 5.56 Å². The number of carboxylic acids is 2. The first-order valence-electron chi connectivity index (χ1n) is 7.65. The molecule has 0 aliphatic rings. The van der Waals surface area contributed by atoms with Crippen molar-refractivity contribution in [2.24, 2.45) is 0 Å². The molecule has 2 rings (SSSR count). The summed E-state index contributed by atoms with van der Waals surface area (Å²) in [6.45, 7) is 3.77. The van der Waals surface area contributed by atoms with E-state index >= 15 is 0 Å². The van der Waals surface area contributed by atoms with Crippen LogP contribution in [0, 0.1) is 6.92 Å². The van der Waals surface area contributed by atoms with E-state index in [4.69, 9.17) is 0 Å². The van der Waals surface area contributed by atoms with E-state index in [-0.39, 0.29) is 11.1 Å². The Bertz CT molecular complexity index is 747. The van der Waals surface area contributed by atoms with Crippen molar-refractivity contribution in [2.45, 2.75) is 33.1 Å². The Morgan fingerprint density at radius 1 is 1.00 bits per heavy atom. The standard InChI is InChI=1S/C19H20O4/c1-3-4-7-13-8-5-6-9-14(13)17-15(18(20)21)11-10-12(2)16(17)19(22)23/h5-6,8-11H,3-4,7H2,1-2H3,(H,20,21)(H,22,23). The molecule has 0 atom stereocenters. The predicted molar refractivity (Wildman–Crippen MR) is 89.1 cm³/mol. The maximum Gasteiger partial charge on any atom is 0.336 e. The molecule has 120 valence electrons. The lowest BCUT2D eigenvalue weighted by molar-refractivity contribution is 0.0695. The molecule has 2 aromatic carbocycles. The summed E-state index contributed by atoms with van der Waals surface area (Å²) < 4.78 is 0. The highest BCUT2D eigenvalue weighted by atomic mass is 16.4. The summed E-state index contributed by atoms with van der Waals surface area (Å²) in [6, 6.07) is 10.5. The van der Waals surface area contributed by atoms with Crippen LogP contribution in [0.1, 0.15) is 51.6 Å². The van der Waals surface area contributed by atoms with Crippen molar-refractivity contribution in [3.8, 4) is 11.1 Å². The number of rotatable bonds is 6. The van der Waals surface area contributed by atoms with Crippen LogP contribution in [0.25, 0.3) is 11.1 Å². The lowest BCUT2D eigenvalue weighted by atomic mass is 9.87. The van der Waals surface area contributed by atoms with Gasteiger partial charge in [0.1, 0.15) is 0 Å². The Labute approximate surface area is 135 Å². The van der Waals surface area contributed by atoms with Crippen molar-refractivity contribution in [2.75, 3.05) is 0 Å². The van der Waals surface area contributed by atoms with Gasteiger partial charge in [-0.2, -0.15) is 0 Å². The summed E-state index contributed by atoms with van der Waals surface area (Å²) in [5.41, 5.74) is 2.62. The van der Waals surface area contributed by atoms with E-state index in [1.807, 2.05) is 18.2 Å². The van der Waals surface area contributed by atoms with Gasteiger partial charge in [-0.15, -0.1) is 0 Å². The zero-order chi connectivity index (χ0) is 17.0. The molecule has 4 nitrogen and oxygen atoms in total. The van der Waals surface area contributed by atoms with Crippen LogP contribution in [-0.4, -0.2) is 22.2 Å². The minimum atomic E-state index is -1.12. The molecule has 0 bridgehead atoms. The van der Waals surface area contributed by atoms with E-state index in [2.05, 4.69) is 6.92 Å². The molecular weight excluding hydrogens is 292 g/mol. The molecule has 0 aliphatic heterocycles. The average molecular weight is 312 g/mol. The first kappa shape index (κ1) is 16.7. The Morgan fingerprint density at radius 3 is 2.30 bits per heavy atom. The summed E-state index contributed by atoms with van der Waals surface area (Å²) in [6.07, 6.45) is 2.77. The first-order chi connectivity index (χ1) is 11.0. The molecule has 4 heteroatoms. The largest absolute Gasteiger partial charge is 0.478 e. The Balaban J connectivity index is 2.78. The second-order valence-electron chi connectivity index (χ2n) is 5.55. The van der Waals surface area contributed by atoms with Crippen molar-refractivity contribution in [3.05, 3.63) is 58.7 Å². The zero-order valence-corrected chi connectivity index (χ0v) is 13.3. The quantitative estimate of drug-likeness (QED) is 0.829. The van der Waals surface area contributed by atoms with Crippen LogP contribution in [0.5, 0.6) is 0 Å². The first-order valence-corrected chi connectivity index (χ1v) is 7.65. The van der Waals surface area contributed by atoms with Gasteiger partial charge in [0.25, 0.3) is 0 Å². The number of carbonyl (C=O) groups is 2. The van der Waals surface area contributed by atoms with Gasteiger partial charge in [0.2, 0.25) is 0 Å². The van der Waals surface area contributed by atoms with Crippen LogP contribution < -0.4 is 0 Å². The van der Waals surface area contributed by atoms with Crippen molar-refractivity contribution in [1.82, 2.24) is 0 Å². The van der Waals surface area contributed by atoms with Crippen molar-refractivity contribution in [3.63, 3.8) is 0 Å². The summed E-state index contributed by atoms with van der Waals surface area (Å²) in [5, 5.41) is 19.1. The molecule has 0 unspecified atom stereocenters. The molecule has 0 fully saturated rings. The minimum Gasteiger partial charge on any atom is -0.478 e. The van der Waals surface area contributed by atoms with Gasteiger partial charge < -0.3 is 10.2 Å². The number of aryl methyl sites for hydroxylation is 2. The molecule has 0 amide bonds. The third kappa shape index (κ3) is 3.42. The number of benzene rings is 2. The summed E-state index contributed by atoms with van der Waals surface area (Å²) >= 11 is 0. The van der Waals surface area contributed by atoms with Gasteiger partial charge in [0.05, 0.1) is 11.1 Å². The third-order valence-corrected chi connectivity index (χ3v) is 3.94. The van der Waals surface area contributed by atoms with E-state index < -0.39 is 11.9 Å². The number of unbranched alkanes of at least 4 members (excludes halogenated alkanes) is 1. The number of carboxylic acid groups (broad SMARTS) is 2. The lowest BCUT2D eigenvalue weighted by Crippen LogP contribution is -2.10. The second kappa shape index (κ2) is 7.09. The highest BCUT2D eigenvalue weighted by Gasteiger charge is 2.23. The molecule has 0 saturated carbocycles. The van der Waals surface area contributed by atoms with E-state index in [1.165, 1.54) is 6.07 Å². The SMILES string of the molecule is CCCCc1ccccc1-c1c(C(=O)O)ccc(C)c1C(=O)O. The molecule has 0 heterocycles. The molecular formula is C19H20O4. The van der Waals surface area contributed by atoms with Gasteiger partial charge >= 0.3 is 11.9 Å². The maximum absolute atomic E-state index is 11.7. The Hall–Kier alpha value is -2.62. The van der Waals surface area contributed by atoms with Crippen molar-refractivity contribution < 1.29 is 19.8 Å². The van der Waals surface area contributed by atoms with Gasteiger partial charge in [-0.25, -0.2) is 9.59 Å². The van der Waals surface area contributed by atoms with E-state index in [1.54, 1.807) is 19.1 Å². The van der Waals surface area contributed by atoms with Crippen LogP contribution in [0.3, 0.4) is 0 Å². The normalized spacial score (nSPS) is 10.5. The van der Waals surface area contributed by atoms with Crippen LogP contribution in [0.2, 0.25) is 0 Å². The molecule has 0 aromatic heterocycles. The van der Waals surface area contributed by atoms with Gasteiger partial charge in [-0.3, -0.25) is 0 Å². The lowest BCUT2D eigenvalue weighted by Gasteiger charge is -2.16. The van der Waals surface area contributed by atoms with E-state index in [0.717, 1.165) is 24.8 Å². The van der Waals surface area contributed by atoms with E-state index in [0.29, 0.717) is 16.7 Å². The van der Waals surface area contributed by atoms with E-state index in [9.17, 15) is 19.8 Å². The molecule has 2 aromatic rings. The van der Waals surface area contributed by atoms with Crippen LogP contribution >= 0.6 is 0 Å². The highest BCUT2D eigenvalue weighted by molar-refractivity contribution is 6.06. The van der Waals surface area contributed by atoms with Crippen molar-refractivity contribution >= 4 is 11.9 Å². The smallest absolute Gasteiger partial charge is 0.336 e. The van der Waals surface area contributed by atoms with Crippen LogP contribution in [0.15, 0.2) is 36.4 Å². The summed E-state index contributed by atoms with van der Waals surface area (Å²) in [7, 11) is 0. The molecule has 0 radical (unpaired) electrons. The molecule has 0 saturated heterocycles. The van der Waals surface area contributed by atoms with Crippen LogP contribution in [0.4, 0.5) is 0 Å². The monoisotopic (exact) mass is 312 g/mol. The predicted octanol–water partition coefficient (Wildman–Crippen LogP) is 4.40. The summed E-state index contributed by atoms with van der Waals surface area (Å²) in [5.74, 6) is -2.22. The third-order valence-electron chi connectivity index (χ3n) is 3.94. The minimum absolute atomic E-state index is 0.0250. The molecule has 0 spiro atoms. The van der Waals surface area contributed by atoms with Crippen molar-refractivity contribution in [1.29, 1.82) is 0 Å². The molecule has 0 aliphatic carbocycles. The fourth-order valence-corrected chi connectivity index (χ4v) is 2.79. The zero-order valence-electron chi connectivity index (χ0n) is 13.3. The maximum atomic E-state index is 11.7. The number of hydrogen-bond donors (Lipinski definition) is 2. The fourth-order valence-electron chi connectivity index (χ4n) is 2.79. The topological polar surface area (TPSA) is 74.6 Å². The highest BCUT2D eigenvalue weighted by Crippen LogP contribution is 2.33. The van der Waals surface area contributed by atoms with Gasteiger partial charge in [-0.1, -0.05) is 43.7 Å². The molecule has 2 N–H and O–H groups in total. The second-order valence-corrected chi connectivity index (χ2v) is 5.55. The van der Waals surface area contributed by atoms with Gasteiger partial charge in [0.15, 0.2) is 0 Å². The summed E-state index contributed by atoms with van der Waals surface area (Å²) in [4.78, 5) is 23.3.